The predicted octanol–water partition coefficient (Wildman–Crippen LogP) is 3.59. The van der Waals surface area contributed by atoms with Crippen molar-refractivity contribution in [1.82, 2.24) is 20.0 Å². The van der Waals surface area contributed by atoms with E-state index >= 15 is 0 Å². The molecule has 0 radical (unpaired) electrons. The lowest BCUT2D eigenvalue weighted by molar-refractivity contribution is 0.0787. The van der Waals surface area contributed by atoms with Gasteiger partial charge in [0.15, 0.2) is 0 Å². The monoisotopic (exact) mass is 380 g/mol. The highest BCUT2D eigenvalue weighted by molar-refractivity contribution is 5.94. The van der Waals surface area contributed by atoms with E-state index in [1.165, 1.54) is 24.3 Å². The summed E-state index contributed by atoms with van der Waals surface area (Å²) in [5.41, 5.74) is 3.97. The van der Waals surface area contributed by atoms with Gasteiger partial charge in [0, 0.05) is 24.3 Å². The lowest BCUT2D eigenvalue weighted by Crippen LogP contribution is -2.29. The number of aryl methyl sites for hydroxylation is 2. The Morgan fingerprint density at radius 3 is 2.75 bits per heavy atom. The average molecular weight is 380 g/mol. The maximum absolute atomic E-state index is 13.1. The molecule has 0 unspecified atom stereocenters. The molecule has 0 bridgehead atoms. The number of carbonyl (C=O) groups excluding carboxylic acids is 1. The third kappa shape index (κ3) is 3.65. The second-order valence-corrected chi connectivity index (χ2v) is 7.21. The fraction of sp³-hybridized carbons (Fsp3) is 0.333. The van der Waals surface area contributed by atoms with Gasteiger partial charge in [0.05, 0.1) is 17.0 Å². The van der Waals surface area contributed by atoms with Gasteiger partial charge in [-0.15, -0.1) is 0 Å². The minimum atomic E-state index is -0.339. The fourth-order valence-corrected chi connectivity index (χ4v) is 3.75. The van der Waals surface area contributed by atoms with Crippen LogP contribution in [0.5, 0.6) is 0 Å². The van der Waals surface area contributed by atoms with Crippen LogP contribution < -0.4 is 0 Å². The molecule has 1 amide bonds. The zero-order valence-electron chi connectivity index (χ0n) is 15.9. The molecular weight excluding hydrogens is 359 g/mol. The normalized spacial score (nSPS) is 16.5. The van der Waals surface area contributed by atoms with E-state index in [4.69, 9.17) is 4.52 Å². The molecule has 3 heterocycles. The fourth-order valence-electron chi connectivity index (χ4n) is 3.75. The second kappa shape index (κ2) is 7.50. The number of carbonyl (C=O) groups is 1. The van der Waals surface area contributed by atoms with Crippen LogP contribution in [0.1, 0.15) is 33.9 Å². The van der Waals surface area contributed by atoms with Crippen molar-refractivity contribution in [2.24, 2.45) is 5.92 Å². The molecule has 144 valence electrons. The molecule has 0 spiro atoms. The first-order chi connectivity index (χ1) is 13.5. The van der Waals surface area contributed by atoms with Gasteiger partial charge in [0.2, 0.25) is 0 Å². The average Bonchev–Trinajstić information content (AvgIpc) is 3.28. The lowest BCUT2D eigenvalue weighted by atomic mass is 10.0. The van der Waals surface area contributed by atoms with Crippen LogP contribution in [0.3, 0.4) is 0 Å². The summed E-state index contributed by atoms with van der Waals surface area (Å²) in [5.74, 6) is 0.672. The van der Waals surface area contributed by atoms with E-state index in [1.807, 2.05) is 24.8 Å². The third-order valence-electron chi connectivity index (χ3n) is 5.18. The van der Waals surface area contributed by atoms with E-state index in [0.29, 0.717) is 24.6 Å². The Bertz CT molecular complexity index is 980. The number of hydrogen-bond donors (Lipinski definition) is 0. The number of benzene rings is 1. The first kappa shape index (κ1) is 18.3. The van der Waals surface area contributed by atoms with E-state index in [9.17, 15) is 9.18 Å². The summed E-state index contributed by atoms with van der Waals surface area (Å²) >= 11 is 0. The third-order valence-corrected chi connectivity index (χ3v) is 5.18. The van der Waals surface area contributed by atoms with E-state index in [1.54, 1.807) is 6.33 Å². The molecule has 1 aliphatic heterocycles. The van der Waals surface area contributed by atoms with Crippen molar-refractivity contribution in [1.29, 1.82) is 0 Å². The van der Waals surface area contributed by atoms with Crippen LogP contribution in [0.25, 0.3) is 11.3 Å². The Balaban J connectivity index is 1.44. The van der Waals surface area contributed by atoms with Crippen molar-refractivity contribution in [2.45, 2.75) is 26.7 Å². The van der Waals surface area contributed by atoms with Gasteiger partial charge >= 0.3 is 0 Å². The molecule has 4 rings (SSSR count). The molecule has 0 saturated carbocycles. The molecule has 7 heteroatoms. The Hall–Kier alpha value is -3.09. The molecule has 0 aliphatic carbocycles. The van der Waals surface area contributed by atoms with Gasteiger partial charge in [-0.05, 0) is 62.9 Å². The van der Waals surface area contributed by atoms with Crippen LogP contribution in [0.4, 0.5) is 4.39 Å². The number of hydrogen-bond acceptors (Lipinski definition) is 5. The van der Waals surface area contributed by atoms with Crippen LogP contribution >= 0.6 is 0 Å². The highest BCUT2D eigenvalue weighted by atomic mass is 19.1. The molecule has 6 nitrogen and oxygen atoms in total. The minimum absolute atomic E-state index is 0.0541. The summed E-state index contributed by atoms with van der Waals surface area (Å²) in [5, 5.41) is 3.99. The zero-order valence-corrected chi connectivity index (χ0v) is 15.9. The number of likely N-dealkylation sites (tertiary alicyclic amines) is 1. The Kier molecular flexibility index (Phi) is 4.90. The van der Waals surface area contributed by atoms with Crippen LogP contribution in [0.15, 0.2) is 41.2 Å². The molecule has 1 saturated heterocycles. The van der Waals surface area contributed by atoms with Gasteiger partial charge < -0.3 is 9.42 Å². The number of rotatable bonds is 4. The summed E-state index contributed by atoms with van der Waals surface area (Å²) in [6.45, 7) is 5.13. The Morgan fingerprint density at radius 1 is 1.25 bits per heavy atom. The predicted molar refractivity (Wildman–Crippen MR) is 101 cm³/mol. The van der Waals surface area contributed by atoms with Gasteiger partial charge in [0.1, 0.15) is 17.9 Å². The summed E-state index contributed by atoms with van der Waals surface area (Å²) < 4.78 is 18.3. The maximum Gasteiger partial charge on any atom is 0.253 e. The van der Waals surface area contributed by atoms with E-state index in [2.05, 4.69) is 15.1 Å². The quantitative estimate of drug-likeness (QED) is 0.692. The number of aromatic nitrogens is 3. The number of amides is 1. The first-order valence-corrected chi connectivity index (χ1v) is 9.30. The molecule has 3 aromatic rings. The summed E-state index contributed by atoms with van der Waals surface area (Å²) in [4.78, 5) is 23.2. The Morgan fingerprint density at radius 2 is 2.04 bits per heavy atom. The van der Waals surface area contributed by atoms with Crippen molar-refractivity contribution >= 4 is 5.91 Å². The second-order valence-electron chi connectivity index (χ2n) is 7.21. The van der Waals surface area contributed by atoms with Gasteiger partial charge in [0.25, 0.3) is 5.91 Å². The van der Waals surface area contributed by atoms with Crippen LogP contribution in [0, 0.1) is 25.6 Å². The van der Waals surface area contributed by atoms with Crippen molar-refractivity contribution in [3.05, 3.63) is 65.2 Å². The molecule has 1 aliphatic rings. The minimum Gasteiger partial charge on any atom is -0.361 e. The van der Waals surface area contributed by atoms with E-state index < -0.39 is 0 Å². The van der Waals surface area contributed by atoms with Crippen molar-refractivity contribution in [2.75, 3.05) is 13.1 Å². The van der Waals surface area contributed by atoms with E-state index in [0.717, 1.165) is 41.2 Å². The molecule has 0 N–H and O–H groups in total. The lowest BCUT2D eigenvalue weighted by Gasteiger charge is -2.16. The summed E-state index contributed by atoms with van der Waals surface area (Å²) in [7, 11) is 0. The zero-order chi connectivity index (χ0) is 19.7. The smallest absolute Gasteiger partial charge is 0.253 e. The van der Waals surface area contributed by atoms with Gasteiger partial charge in [-0.3, -0.25) is 4.79 Å². The Labute approximate surface area is 162 Å². The van der Waals surface area contributed by atoms with Crippen LogP contribution in [0.2, 0.25) is 0 Å². The van der Waals surface area contributed by atoms with Crippen molar-refractivity contribution < 1.29 is 13.7 Å². The van der Waals surface area contributed by atoms with Crippen LogP contribution in [-0.2, 0) is 6.42 Å². The highest BCUT2D eigenvalue weighted by Gasteiger charge is 2.27. The standard InChI is InChI=1S/C21H21FN4O2/c1-13-20(14(2)28-25-13)19-10-18(23-12-24-19)9-15-7-8-26(11-15)21(27)16-3-5-17(22)6-4-16/h3-6,10,12,15H,7-9,11H2,1-2H3/t15-/m0/s1. The SMILES string of the molecule is Cc1noc(C)c1-c1cc(C[C@@H]2CCN(C(=O)c3ccc(F)cc3)C2)ncn1. The topological polar surface area (TPSA) is 72.1 Å². The van der Waals surface area contributed by atoms with Crippen LogP contribution in [-0.4, -0.2) is 39.0 Å². The van der Waals surface area contributed by atoms with E-state index in [-0.39, 0.29) is 11.7 Å². The van der Waals surface area contributed by atoms with Crippen molar-refractivity contribution in [3.63, 3.8) is 0 Å². The summed E-state index contributed by atoms with van der Waals surface area (Å²) in [6, 6.07) is 7.67. The van der Waals surface area contributed by atoms with Gasteiger partial charge in [-0.2, -0.15) is 0 Å². The molecule has 1 aromatic carbocycles. The number of halogens is 1. The van der Waals surface area contributed by atoms with Gasteiger partial charge in [-0.25, -0.2) is 14.4 Å². The summed E-state index contributed by atoms with van der Waals surface area (Å²) in [6.07, 6.45) is 3.25. The molecular formula is C21H21FN4O2. The largest absolute Gasteiger partial charge is 0.361 e. The highest BCUT2D eigenvalue weighted by Crippen LogP contribution is 2.27. The first-order valence-electron chi connectivity index (χ1n) is 9.30. The molecule has 2 aromatic heterocycles. The van der Waals surface area contributed by atoms with Crippen molar-refractivity contribution in [3.8, 4) is 11.3 Å². The van der Waals surface area contributed by atoms with Gasteiger partial charge in [-0.1, -0.05) is 5.16 Å². The maximum atomic E-state index is 13.1. The number of nitrogens with zero attached hydrogens (tertiary/aromatic N) is 4. The molecule has 1 fully saturated rings. The molecule has 28 heavy (non-hydrogen) atoms. The molecule has 1 atom stereocenters.